The van der Waals surface area contributed by atoms with Gasteiger partial charge < -0.3 is 10.1 Å². The zero-order valence-electron chi connectivity index (χ0n) is 23.2. The number of sulfone groups is 1. The van der Waals surface area contributed by atoms with Crippen molar-refractivity contribution in [2.24, 2.45) is 5.92 Å². The van der Waals surface area contributed by atoms with Crippen molar-refractivity contribution in [3.05, 3.63) is 111 Å². The van der Waals surface area contributed by atoms with Crippen LogP contribution in [0, 0.1) is 5.92 Å². The smallest absolute Gasteiger partial charge is 0.357 e. The third kappa shape index (κ3) is 9.34. The van der Waals surface area contributed by atoms with Gasteiger partial charge in [0.05, 0.1) is 29.4 Å². The molecule has 0 saturated carbocycles. The van der Waals surface area contributed by atoms with Gasteiger partial charge in [0.25, 0.3) is 0 Å². The van der Waals surface area contributed by atoms with Crippen molar-refractivity contribution >= 4 is 60.6 Å². The highest BCUT2D eigenvalue weighted by molar-refractivity contribution is 7.90. The van der Waals surface area contributed by atoms with Crippen molar-refractivity contribution < 1.29 is 35.7 Å². The van der Waals surface area contributed by atoms with Crippen LogP contribution < -0.4 is 10.0 Å². The number of amides is 1. The summed E-state index contributed by atoms with van der Waals surface area (Å²) in [6, 6.07) is 20.0. The molecule has 44 heavy (non-hydrogen) atoms. The molecule has 0 radical (unpaired) electrons. The first-order valence-corrected chi connectivity index (χ1v) is 17.4. The van der Waals surface area contributed by atoms with Crippen LogP contribution in [0.25, 0.3) is 0 Å². The first-order valence-electron chi connectivity index (χ1n) is 13.0. The third-order valence-corrected chi connectivity index (χ3v) is 9.89. The van der Waals surface area contributed by atoms with E-state index >= 15 is 0 Å². The number of nitrogens with zero attached hydrogens (tertiary/aromatic N) is 1. The molecule has 1 heterocycles. The average Bonchev–Trinajstić information content (AvgIpc) is 3.43. The Labute approximate surface area is 264 Å². The van der Waals surface area contributed by atoms with Crippen LogP contribution in [0.5, 0.6) is 0 Å². The molecular formula is C29H28ClN3O8S3. The number of ether oxygens (including phenoxy) is 1. The molecule has 3 N–H and O–H groups in total. The number of aromatic nitrogens is 1. The number of anilines is 1. The standard InChI is InChI=1S/C29H28ClN3O8S3/c1-41-29(35)24(15-19-5-3-2-4-6-19)28(34)32-25(16-20-7-11-22(12-8-20)33-44(38,39)40)26-17-42-27(31-26)18-43(36,37)23-13-9-21(30)10-14-23/h2-14,17,24-25,33H,15-16,18H2,1H3,(H,32,34)(H,38,39,40). The lowest BCUT2D eigenvalue weighted by Crippen LogP contribution is -2.40. The number of nitrogens with one attached hydrogen (secondary N) is 2. The Hall–Kier alpha value is -3.82. The molecule has 1 aromatic heterocycles. The van der Waals surface area contributed by atoms with Gasteiger partial charge in [0.2, 0.25) is 5.91 Å². The van der Waals surface area contributed by atoms with Crippen LogP contribution in [0.2, 0.25) is 5.02 Å². The van der Waals surface area contributed by atoms with E-state index in [-0.39, 0.29) is 34.2 Å². The number of carbonyl (C=O) groups is 2. The lowest BCUT2D eigenvalue weighted by Gasteiger charge is -2.21. The van der Waals surface area contributed by atoms with Crippen LogP contribution in [0.4, 0.5) is 5.69 Å². The lowest BCUT2D eigenvalue weighted by molar-refractivity contribution is -0.150. The van der Waals surface area contributed by atoms with Crippen LogP contribution in [-0.2, 0) is 53.1 Å². The van der Waals surface area contributed by atoms with Gasteiger partial charge in [-0.3, -0.25) is 18.9 Å². The van der Waals surface area contributed by atoms with Crippen molar-refractivity contribution in [2.75, 3.05) is 11.8 Å². The zero-order chi connectivity index (χ0) is 31.9. The second-order valence-corrected chi connectivity index (χ2v) is 14.2. The number of hydrogen-bond acceptors (Lipinski definition) is 9. The molecule has 11 nitrogen and oxygen atoms in total. The Balaban J connectivity index is 1.61. The van der Waals surface area contributed by atoms with Crippen LogP contribution in [0.3, 0.4) is 0 Å². The van der Waals surface area contributed by atoms with Gasteiger partial charge in [-0.05, 0) is 60.4 Å². The number of esters is 1. The molecular weight excluding hydrogens is 650 g/mol. The Morgan fingerprint density at radius 1 is 0.932 bits per heavy atom. The highest BCUT2D eigenvalue weighted by Crippen LogP contribution is 2.26. The summed E-state index contributed by atoms with van der Waals surface area (Å²) in [5, 5.41) is 5.20. The summed E-state index contributed by atoms with van der Waals surface area (Å²) in [5.41, 5.74) is 1.89. The normalized spacial score (nSPS) is 13.1. The van der Waals surface area contributed by atoms with Crippen LogP contribution in [0.1, 0.15) is 27.9 Å². The summed E-state index contributed by atoms with van der Waals surface area (Å²) < 4.78 is 64.2. The fraction of sp³-hybridized carbons (Fsp3) is 0.207. The van der Waals surface area contributed by atoms with E-state index in [2.05, 4.69) is 10.3 Å². The van der Waals surface area contributed by atoms with Crippen molar-refractivity contribution in [2.45, 2.75) is 29.5 Å². The van der Waals surface area contributed by atoms with E-state index in [1.807, 2.05) is 10.8 Å². The van der Waals surface area contributed by atoms with Crippen LogP contribution >= 0.6 is 22.9 Å². The predicted octanol–water partition coefficient (Wildman–Crippen LogP) is 4.42. The maximum absolute atomic E-state index is 13.5. The van der Waals surface area contributed by atoms with E-state index in [4.69, 9.17) is 20.9 Å². The van der Waals surface area contributed by atoms with Gasteiger partial charge in [0.15, 0.2) is 9.84 Å². The number of halogens is 1. The monoisotopic (exact) mass is 677 g/mol. The molecule has 0 spiro atoms. The van der Waals surface area contributed by atoms with E-state index in [9.17, 15) is 26.4 Å². The lowest BCUT2D eigenvalue weighted by atomic mass is 9.97. The quantitative estimate of drug-likeness (QED) is 0.105. The molecule has 2 unspecified atom stereocenters. The van der Waals surface area contributed by atoms with E-state index in [1.165, 1.54) is 43.5 Å². The fourth-order valence-corrected chi connectivity index (χ4v) is 7.35. The maximum atomic E-state index is 13.5. The van der Waals surface area contributed by atoms with Crippen molar-refractivity contribution in [3.8, 4) is 0 Å². The molecule has 0 aliphatic rings. The Kier molecular flexibility index (Phi) is 10.8. The average molecular weight is 678 g/mol. The zero-order valence-corrected chi connectivity index (χ0v) is 26.4. The van der Waals surface area contributed by atoms with E-state index in [1.54, 1.807) is 41.8 Å². The Morgan fingerprint density at radius 2 is 1.57 bits per heavy atom. The molecule has 0 bridgehead atoms. The van der Waals surface area contributed by atoms with Gasteiger partial charge in [-0.25, -0.2) is 13.4 Å². The van der Waals surface area contributed by atoms with Gasteiger partial charge in [-0.1, -0.05) is 54.1 Å². The largest absolute Gasteiger partial charge is 0.468 e. The number of hydrogen-bond donors (Lipinski definition) is 3. The number of benzene rings is 3. The molecule has 0 saturated heterocycles. The van der Waals surface area contributed by atoms with Crippen LogP contribution in [-0.4, -0.2) is 45.4 Å². The molecule has 232 valence electrons. The minimum Gasteiger partial charge on any atom is -0.468 e. The second-order valence-electron chi connectivity index (χ2n) is 9.68. The number of methoxy groups -OCH3 is 1. The fourth-order valence-electron chi connectivity index (χ4n) is 4.31. The minimum atomic E-state index is -4.47. The van der Waals surface area contributed by atoms with Crippen molar-refractivity contribution in [3.63, 3.8) is 0 Å². The minimum absolute atomic E-state index is 0.0870. The van der Waals surface area contributed by atoms with Crippen LogP contribution in [0.15, 0.2) is 89.1 Å². The van der Waals surface area contributed by atoms with E-state index in [0.717, 1.165) is 16.9 Å². The molecule has 15 heteroatoms. The molecule has 4 rings (SSSR count). The Bertz CT molecular complexity index is 1810. The molecule has 0 fully saturated rings. The molecule has 3 aromatic carbocycles. The third-order valence-electron chi connectivity index (χ3n) is 6.45. The summed E-state index contributed by atoms with van der Waals surface area (Å²) >= 11 is 7.00. The number of rotatable bonds is 13. The van der Waals surface area contributed by atoms with Crippen molar-refractivity contribution in [1.29, 1.82) is 0 Å². The first kappa shape index (κ1) is 33.1. The predicted molar refractivity (Wildman–Crippen MR) is 166 cm³/mol. The van der Waals surface area contributed by atoms with E-state index in [0.29, 0.717) is 16.3 Å². The molecule has 1 amide bonds. The Morgan fingerprint density at radius 3 is 2.18 bits per heavy atom. The topological polar surface area (TPSA) is 169 Å². The van der Waals surface area contributed by atoms with Gasteiger partial charge in [-0.15, -0.1) is 11.3 Å². The number of thiazole rings is 1. The molecule has 2 atom stereocenters. The van der Waals surface area contributed by atoms with Crippen molar-refractivity contribution in [1.82, 2.24) is 10.3 Å². The summed E-state index contributed by atoms with van der Waals surface area (Å²) in [7, 11) is -7.01. The van der Waals surface area contributed by atoms with Gasteiger partial charge in [0.1, 0.15) is 16.7 Å². The maximum Gasteiger partial charge on any atom is 0.357 e. The summed E-state index contributed by atoms with van der Waals surface area (Å²) in [4.78, 5) is 30.8. The van der Waals surface area contributed by atoms with Gasteiger partial charge in [0, 0.05) is 10.4 Å². The summed E-state index contributed by atoms with van der Waals surface area (Å²) in [5.74, 6) is -2.89. The first-order chi connectivity index (χ1) is 20.8. The SMILES string of the molecule is COC(=O)C(Cc1ccccc1)C(=O)NC(Cc1ccc(NS(=O)(=O)O)cc1)c1csc(CS(=O)(=O)c2ccc(Cl)cc2)n1. The van der Waals surface area contributed by atoms with Gasteiger partial charge >= 0.3 is 16.3 Å². The summed E-state index contributed by atoms with van der Waals surface area (Å²) in [6.45, 7) is 0. The molecule has 0 aliphatic heterocycles. The summed E-state index contributed by atoms with van der Waals surface area (Å²) in [6.07, 6.45) is 0.244. The molecule has 0 aliphatic carbocycles. The van der Waals surface area contributed by atoms with Gasteiger partial charge in [-0.2, -0.15) is 8.42 Å². The van der Waals surface area contributed by atoms with E-state index < -0.39 is 44.0 Å². The molecule has 4 aromatic rings. The highest BCUT2D eigenvalue weighted by Gasteiger charge is 2.31. The number of carbonyl (C=O) groups excluding carboxylic acids is 2. The highest BCUT2D eigenvalue weighted by atomic mass is 35.5. The second kappa shape index (κ2) is 14.3.